The molecule has 8 heteroatoms. The summed E-state index contributed by atoms with van der Waals surface area (Å²) in [6, 6.07) is 2.82. The fourth-order valence-corrected chi connectivity index (χ4v) is 1.25. The maximum absolute atomic E-state index is 12.5. The molecule has 0 radical (unpaired) electrons. The van der Waals surface area contributed by atoms with E-state index in [9.17, 15) is 8.78 Å². The van der Waals surface area contributed by atoms with Crippen LogP contribution in [0, 0.1) is 0 Å². The van der Waals surface area contributed by atoms with Crippen molar-refractivity contribution >= 4 is 5.82 Å². The molecule has 0 aliphatic carbocycles. The van der Waals surface area contributed by atoms with E-state index in [-0.39, 0.29) is 17.3 Å². The van der Waals surface area contributed by atoms with Crippen molar-refractivity contribution < 1.29 is 13.5 Å². The van der Waals surface area contributed by atoms with Gasteiger partial charge in [-0.05, 0) is 0 Å². The number of rotatable bonds is 3. The summed E-state index contributed by atoms with van der Waals surface area (Å²) in [6.45, 7) is -2.80. The van der Waals surface area contributed by atoms with Crippen LogP contribution in [0.3, 0.4) is 0 Å². The second-order valence-corrected chi connectivity index (χ2v) is 3.10. The third-order valence-electron chi connectivity index (χ3n) is 2.02. The molecule has 17 heavy (non-hydrogen) atoms. The summed E-state index contributed by atoms with van der Waals surface area (Å²) in [7, 11) is 1.44. The van der Waals surface area contributed by atoms with Gasteiger partial charge in [0.15, 0.2) is 5.82 Å². The molecule has 2 rings (SSSR count). The van der Waals surface area contributed by atoms with Crippen LogP contribution < -0.4 is 10.5 Å². The first-order valence-electron chi connectivity index (χ1n) is 4.62. The first kappa shape index (κ1) is 11.2. The first-order valence-corrected chi connectivity index (χ1v) is 4.62. The number of anilines is 1. The molecule has 0 bridgehead atoms. The maximum Gasteiger partial charge on any atom is 0.335 e. The fourth-order valence-electron chi connectivity index (χ4n) is 1.25. The Balaban J connectivity index is 2.42. The summed E-state index contributed by atoms with van der Waals surface area (Å²) in [5, 5.41) is 3.62. The highest BCUT2D eigenvalue weighted by atomic mass is 19.3. The number of alkyl halides is 2. The van der Waals surface area contributed by atoms with Gasteiger partial charge < -0.3 is 10.5 Å². The molecule has 0 amide bonds. The van der Waals surface area contributed by atoms with E-state index in [0.717, 1.165) is 0 Å². The van der Waals surface area contributed by atoms with Crippen molar-refractivity contribution in [1.29, 1.82) is 0 Å². The minimum atomic E-state index is -2.80. The lowest BCUT2D eigenvalue weighted by Gasteiger charge is -2.00. The van der Waals surface area contributed by atoms with Crippen LogP contribution in [0.2, 0.25) is 0 Å². The predicted molar refractivity (Wildman–Crippen MR) is 55.5 cm³/mol. The summed E-state index contributed by atoms with van der Waals surface area (Å²) in [5.74, 6) is 0.344. The molecule has 2 aromatic heterocycles. The smallest absolute Gasteiger partial charge is 0.335 e. The number of hydrogen-bond donors (Lipinski definition) is 1. The van der Waals surface area contributed by atoms with Crippen LogP contribution in [0.15, 0.2) is 18.3 Å². The number of nitrogens with zero attached hydrogens (tertiary/aromatic N) is 4. The molecule has 2 heterocycles. The molecule has 0 aliphatic rings. The molecule has 0 unspecified atom stereocenters. The van der Waals surface area contributed by atoms with Crippen LogP contribution in [0.5, 0.6) is 5.88 Å². The first-order chi connectivity index (χ1) is 8.11. The van der Waals surface area contributed by atoms with Crippen LogP contribution in [-0.2, 0) is 0 Å². The van der Waals surface area contributed by atoms with Crippen molar-refractivity contribution in [2.45, 2.75) is 6.55 Å². The normalized spacial score (nSPS) is 10.8. The average Bonchev–Trinajstić information content (AvgIpc) is 2.71. The molecule has 0 spiro atoms. The monoisotopic (exact) mass is 241 g/mol. The van der Waals surface area contributed by atoms with Crippen LogP contribution in [0.1, 0.15) is 6.55 Å². The van der Waals surface area contributed by atoms with Crippen LogP contribution in [-0.4, -0.2) is 26.9 Å². The molecule has 0 fully saturated rings. The summed E-state index contributed by atoms with van der Waals surface area (Å²) in [4.78, 5) is 7.87. The topological polar surface area (TPSA) is 78.9 Å². The van der Waals surface area contributed by atoms with E-state index in [1.54, 1.807) is 0 Å². The molecule has 6 nitrogen and oxygen atoms in total. The number of halogens is 2. The Kier molecular flexibility index (Phi) is 2.86. The molecular formula is C9H9F2N5O. The van der Waals surface area contributed by atoms with Crippen molar-refractivity contribution in [2.75, 3.05) is 12.8 Å². The van der Waals surface area contributed by atoms with Crippen LogP contribution in [0.4, 0.5) is 14.6 Å². The summed E-state index contributed by atoms with van der Waals surface area (Å²) in [6.07, 6.45) is 1.44. The van der Waals surface area contributed by atoms with Crippen molar-refractivity contribution in [3.8, 4) is 17.4 Å². The quantitative estimate of drug-likeness (QED) is 0.876. The van der Waals surface area contributed by atoms with E-state index in [2.05, 4.69) is 15.1 Å². The largest absolute Gasteiger partial charge is 0.481 e. The Morgan fingerprint density at radius 3 is 2.82 bits per heavy atom. The highest BCUT2D eigenvalue weighted by Crippen LogP contribution is 2.22. The van der Waals surface area contributed by atoms with Gasteiger partial charge in [0.05, 0.1) is 7.11 Å². The molecule has 0 saturated carbocycles. The van der Waals surface area contributed by atoms with Gasteiger partial charge in [-0.3, -0.25) is 0 Å². The van der Waals surface area contributed by atoms with Gasteiger partial charge in [-0.15, -0.1) is 0 Å². The number of nitrogens with two attached hydrogens (primary N) is 1. The molecular weight excluding hydrogens is 232 g/mol. The number of ether oxygens (including phenoxy) is 1. The van der Waals surface area contributed by atoms with Gasteiger partial charge in [-0.1, -0.05) is 0 Å². The Bertz CT molecular complexity index is 528. The molecule has 0 aliphatic heterocycles. The fraction of sp³-hybridized carbons (Fsp3) is 0.222. The van der Waals surface area contributed by atoms with Crippen molar-refractivity contribution in [2.24, 2.45) is 0 Å². The van der Waals surface area contributed by atoms with Crippen molar-refractivity contribution in [1.82, 2.24) is 19.7 Å². The molecule has 0 atom stereocenters. The summed E-state index contributed by atoms with van der Waals surface area (Å²) >= 11 is 0. The van der Waals surface area contributed by atoms with Crippen LogP contribution >= 0.6 is 0 Å². The zero-order valence-electron chi connectivity index (χ0n) is 8.84. The van der Waals surface area contributed by atoms with Gasteiger partial charge in [0.25, 0.3) is 0 Å². The predicted octanol–water partition coefficient (Wildman–Crippen LogP) is 1.33. The third-order valence-corrected chi connectivity index (χ3v) is 2.02. The zero-order valence-corrected chi connectivity index (χ0v) is 8.84. The summed E-state index contributed by atoms with van der Waals surface area (Å²) < 4.78 is 30.2. The highest BCUT2D eigenvalue weighted by molar-refractivity contribution is 5.54. The third kappa shape index (κ3) is 2.14. The lowest BCUT2D eigenvalue weighted by atomic mass is 10.4. The van der Waals surface area contributed by atoms with Crippen molar-refractivity contribution in [3.63, 3.8) is 0 Å². The van der Waals surface area contributed by atoms with Gasteiger partial charge in [-0.25, -0.2) is 4.98 Å². The van der Waals surface area contributed by atoms with Gasteiger partial charge >= 0.3 is 6.55 Å². The number of methoxy groups -OCH3 is 1. The second kappa shape index (κ2) is 4.32. The number of nitrogen functional groups attached to an aromatic ring is 1. The van der Waals surface area contributed by atoms with Crippen molar-refractivity contribution in [3.05, 3.63) is 18.3 Å². The van der Waals surface area contributed by atoms with Gasteiger partial charge in [0, 0.05) is 18.3 Å². The van der Waals surface area contributed by atoms with E-state index in [1.165, 1.54) is 25.4 Å². The number of aromatic nitrogens is 4. The second-order valence-electron chi connectivity index (χ2n) is 3.10. The molecule has 0 saturated heterocycles. The lowest BCUT2D eigenvalue weighted by molar-refractivity contribution is 0.0594. The van der Waals surface area contributed by atoms with Gasteiger partial charge in [0.1, 0.15) is 11.5 Å². The molecule has 2 N–H and O–H groups in total. The van der Waals surface area contributed by atoms with E-state index >= 15 is 0 Å². The standard InChI is InChI=1S/C9H9F2N5O/c1-17-7-2-3-13-8(14-7)5-4-6(12)16(15-5)9(10)11/h2-4,9H,12H2,1H3. The van der Waals surface area contributed by atoms with E-state index in [4.69, 9.17) is 10.5 Å². The van der Waals surface area contributed by atoms with Gasteiger partial charge in [0.2, 0.25) is 5.88 Å². The Morgan fingerprint density at radius 2 is 2.24 bits per heavy atom. The van der Waals surface area contributed by atoms with E-state index in [0.29, 0.717) is 10.6 Å². The highest BCUT2D eigenvalue weighted by Gasteiger charge is 2.15. The number of hydrogen-bond acceptors (Lipinski definition) is 5. The Hall–Kier alpha value is -2.25. The molecule has 0 aromatic carbocycles. The summed E-state index contributed by atoms with van der Waals surface area (Å²) in [5.41, 5.74) is 5.55. The molecule has 90 valence electrons. The van der Waals surface area contributed by atoms with Crippen LogP contribution in [0.25, 0.3) is 11.5 Å². The SMILES string of the molecule is COc1ccnc(-c2cc(N)n(C(F)F)n2)n1. The maximum atomic E-state index is 12.5. The van der Waals surface area contributed by atoms with E-state index < -0.39 is 6.55 Å². The Labute approximate surface area is 95.0 Å². The minimum absolute atomic E-state index is 0.151. The van der Waals surface area contributed by atoms with E-state index in [1.807, 2.05) is 0 Å². The lowest BCUT2D eigenvalue weighted by Crippen LogP contribution is -2.04. The average molecular weight is 241 g/mol. The molecule has 2 aromatic rings. The zero-order chi connectivity index (χ0) is 12.4. The van der Waals surface area contributed by atoms with Gasteiger partial charge in [-0.2, -0.15) is 23.5 Å². The minimum Gasteiger partial charge on any atom is -0.481 e. The Morgan fingerprint density at radius 1 is 1.47 bits per heavy atom.